The first-order valence-electron chi connectivity index (χ1n) is 6.78. The van der Waals surface area contributed by atoms with Gasteiger partial charge in [0.1, 0.15) is 0 Å². The summed E-state index contributed by atoms with van der Waals surface area (Å²) < 4.78 is 0. The summed E-state index contributed by atoms with van der Waals surface area (Å²) >= 11 is 0. The zero-order valence-electron chi connectivity index (χ0n) is 11.1. The van der Waals surface area contributed by atoms with Crippen molar-refractivity contribution < 1.29 is 4.79 Å². The Labute approximate surface area is 114 Å². The Hall–Kier alpha value is -2.03. The van der Waals surface area contributed by atoms with E-state index in [2.05, 4.69) is 40.2 Å². The van der Waals surface area contributed by atoms with Gasteiger partial charge < -0.3 is 9.88 Å². The highest BCUT2D eigenvalue weighted by atomic mass is 16.1. The number of carbonyl (C=O) groups excluding carboxylic acids is 1. The number of para-hydroxylation sites is 1. The van der Waals surface area contributed by atoms with Crippen molar-refractivity contribution in [3.63, 3.8) is 0 Å². The molecule has 0 aliphatic carbocycles. The van der Waals surface area contributed by atoms with Crippen molar-refractivity contribution in [3.05, 3.63) is 54.4 Å². The first kappa shape index (κ1) is 13.4. The molecule has 2 heterocycles. The van der Waals surface area contributed by atoms with Crippen molar-refractivity contribution in [1.29, 1.82) is 0 Å². The number of benzene rings is 1. The number of rotatable bonds is 2. The van der Waals surface area contributed by atoms with Crippen molar-refractivity contribution >= 4 is 12.0 Å². The van der Waals surface area contributed by atoms with Crippen LogP contribution in [0.4, 0.5) is 5.69 Å². The molecule has 3 nitrogen and oxygen atoms in total. The molecule has 1 aromatic heterocycles. The largest absolute Gasteiger partial charge is 0.372 e. The molecule has 100 valence electrons. The highest BCUT2D eigenvalue weighted by Gasteiger charge is 2.09. The number of aromatic amines is 1. The van der Waals surface area contributed by atoms with E-state index in [0.29, 0.717) is 5.56 Å². The third kappa shape index (κ3) is 4.28. The number of nitrogens with one attached hydrogen (secondary N) is 1. The van der Waals surface area contributed by atoms with Crippen LogP contribution in [-0.4, -0.2) is 24.4 Å². The van der Waals surface area contributed by atoms with Gasteiger partial charge in [-0.3, -0.25) is 4.79 Å². The van der Waals surface area contributed by atoms with Crippen LogP contribution in [0.3, 0.4) is 0 Å². The van der Waals surface area contributed by atoms with Gasteiger partial charge >= 0.3 is 0 Å². The van der Waals surface area contributed by atoms with E-state index in [4.69, 9.17) is 0 Å². The van der Waals surface area contributed by atoms with Crippen LogP contribution >= 0.6 is 0 Å². The molecule has 0 atom stereocenters. The number of carbonyl (C=O) groups is 1. The number of nitrogens with zero attached hydrogens (tertiary/aromatic N) is 1. The second kappa shape index (κ2) is 7.41. The minimum Gasteiger partial charge on any atom is -0.372 e. The van der Waals surface area contributed by atoms with Crippen LogP contribution in [0, 0.1) is 0 Å². The van der Waals surface area contributed by atoms with E-state index in [9.17, 15) is 4.79 Å². The number of H-pyrrole nitrogens is 1. The predicted molar refractivity (Wildman–Crippen MR) is 78.7 cm³/mol. The molecule has 1 aliphatic heterocycles. The van der Waals surface area contributed by atoms with Gasteiger partial charge in [0, 0.05) is 36.7 Å². The van der Waals surface area contributed by atoms with Gasteiger partial charge in [0.2, 0.25) is 0 Å². The number of aromatic nitrogens is 1. The van der Waals surface area contributed by atoms with Crippen LogP contribution in [0.1, 0.15) is 29.6 Å². The SMILES string of the molecule is O=Cc1cc[nH]c1.c1ccc(N2CCCCC2)cc1. The van der Waals surface area contributed by atoms with E-state index < -0.39 is 0 Å². The Morgan fingerprint density at radius 2 is 1.74 bits per heavy atom. The summed E-state index contributed by atoms with van der Waals surface area (Å²) in [5, 5.41) is 0. The molecule has 19 heavy (non-hydrogen) atoms. The van der Waals surface area contributed by atoms with Gasteiger partial charge in [0.25, 0.3) is 0 Å². The number of anilines is 1. The van der Waals surface area contributed by atoms with Crippen LogP contribution in [0.5, 0.6) is 0 Å². The lowest BCUT2D eigenvalue weighted by atomic mass is 10.1. The molecule has 1 aliphatic rings. The van der Waals surface area contributed by atoms with Crippen molar-refractivity contribution in [2.75, 3.05) is 18.0 Å². The Morgan fingerprint density at radius 1 is 1.00 bits per heavy atom. The summed E-state index contributed by atoms with van der Waals surface area (Å²) in [6, 6.07) is 12.4. The van der Waals surface area contributed by atoms with Crippen molar-refractivity contribution in [2.24, 2.45) is 0 Å². The minimum absolute atomic E-state index is 0.694. The molecule has 0 amide bonds. The molecule has 0 spiro atoms. The van der Waals surface area contributed by atoms with E-state index in [1.165, 1.54) is 38.0 Å². The first-order valence-corrected chi connectivity index (χ1v) is 6.78. The molecule has 3 rings (SSSR count). The van der Waals surface area contributed by atoms with E-state index >= 15 is 0 Å². The standard InChI is InChI=1S/C11H15N.C5H5NO/c1-3-7-11(8-4-1)12-9-5-2-6-10-12;7-4-5-1-2-6-3-5/h1,3-4,7-8H,2,5-6,9-10H2;1-4,6H. The maximum Gasteiger partial charge on any atom is 0.151 e. The van der Waals surface area contributed by atoms with E-state index in [-0.39, 0.29) is 0 Å². The molecule has 0 unspecified atom stereocenters. The summed E-state index contributed by atoms with van der Waals surface area (Å²) in [5.74, 6) is 0. The molecular formula is C16H20N2O. The van der Waals surface area contributed by atoms with Crippen LogP contribution in [0.2, 0.25) is 0 Å². The number of aldehydes is 1. The fourth-order valence-corrected chi connectivity index (χ4v) is 2.20. The fraction of sp³-hybridized carbons (Fsp3) is 0.312. The topological polar surface area (TPSA) is 36.1 Å². The van der Waals surface area contributed by atoms with Crippen molar-refractivity contribution in [3.8, 4) is 0 Å². The monoisotopic (exact) mass is 256 g/mol. The summed E-state index contributed by atoms with van der Waals surface area (Å²) in [4.78, 5) is 15.1. The predicted octanol–water partition coefficient (Wildman–Crippen LogP) is 3.50. The van der Waals surface area contributed by atoms with E-state index in [0.717, 1.165) is 6.29 Å². The van der Waals surface area contributed by atoms with Gasteiger partial charge in [-0.15, -0.1) is 0 Å². The highest BCUT2D eigenvalue weighted by molar-refractivity contribution is 5.73. The average molecular weight is 256 g/mol. The summed E-state index contributed by atoms with van der Waals surface area (Å²) in [6.45, 7) is 2.48. The Kier molecular flexibility index (Phi) is 5.23. The molecule has 2 aromatic rings. The smallest absolute Gasteiger partial charge is 0.151 e. The van der Waals surface area contributed by atoms with Gasteiger partial charge in [-0.05, 0) is 37.5 Å². The lowest BCUT2D eigenvalue weighted by Crippen LogP contribution is -2.29. The molecule has 0 radical (unpaired) electrons. The highest BCUT2D eigenvalue weighted by Crippen LogP contribution is 2.18. The van der Waals surface area contributed by atoms with Crippen LogP contribution in [0.15, 0.2) is 48.8 Å². The zero-order chi connectivity index (χ0) is 13.3. The van der Waals surface area contributed by atoms with Gasteiger partial charge in [-0.2, -0.15) is 0 Å². The Bertz CT molecular complexity index is 459. The van der Waals surface area contributed by atoms with Gasteiger partial charge in [0.05, 0.1) is 0 Å². The maximum atomic E-state index is 9.85. The van der Waals surface area contributed by atoms with E-state index in [1.807, 2.05) is 0 Å². The van der Waals surface area contributed by atoms with Crippen LogP contribution < -0.4 is 4.90 Å². The van der Waals surface area contributed by atoms with Gasteiger partial charge in [-0.1, -0.05) is 18.2 Å². The molecule has 3 heteroatoms. The normalized spacial score (nSPS) is 14.4. The van der Waals surface area contributed by atoms with Crippen molar-refractivity contribution in [1.82, 2.24) is 4.98 Å². The van der Waals surface area contributed by atoms with Gasteiger partial charge in [-0.25, -0.2) is 0 Å². The van der Waals surface area contributed by atoms with Crippen molar-refractivity contribution in [2.45, 2.75) is 19.3 Å². The third-order valence-electron chi connectivity index (χ3n) is 3.24. The zero-order valence-corrected chi connectivity index (χ0v) is 11.1. The second-order valence-corrected chi connectivity index (χ2v) is 4.65. The Balaban J connectivity index is 0.000000163. The quantitative estimate of drug-likeness (QED) is 0.835. The summed E-state index contributed by atoms with van der Waals surface area (Å²) in [6.07, 6.45) is 8.28. The van der Waals surface area contributed by atoms with Gasteiger partial charge in [0.15, 0.2) is 6.29 Å². The lowest BCUT2D eigenvalue weighted by molar-refractivity contribution is 0.112. The minimum atomic E-state index is 0.694. The molecule has 0 bridgehead atoms. The molecule has 1 fully saturated rings. The van der Waals surface area contributed by atoms with E-state index in [1.54, 1.807) is 18.5 Å². The third-order valence-corrected chi connectivity index (χ3v) is 3.24. The second-order valence-electron chi connectivity index (χ2n) is 4.65. The molecular weight excluding hydrogens is 236 g/mol. The molecule has 1 N–H and O–H groups in total. The van der Waals surface area contributed by atoms with Crippen LogP contribution in [0.25, 0.3) is 0 Å². The summed E-state index contributed by atoms with van der Waals surface area (Å²) in [5.41, 5.74) is 2.08. The molecule has 1 saturated heterocycles. The Morgan fingerprint density at radius 3 is 2.26 bits per heavy atom. The first-order chi connectivity index (χ1) is 9.40. The maximum absolute atomic E-state index is 9.85. The molecule has 0 saturated carbocycles. The molecule has 1 aromatic carbocycles. The number of hydrogen-bond acceptors (Lipinski definition) is 2. The lowest BCUT2D eigenvalue weighted by Gasteiger charge is -2.28. The number of piperidine rings is 1. The average Bonchev–Trinajstić information content (AvgIpc) is 3.03. The summed E-state index contributed by atoms with van der Waals surface area (Å²) in [7, 11) is 0. The number of hydrogen-bond donors (Lipinski definition) is 1. The van der Waals surface area contributed by atoms with Crippen LogP contribution in [-0.2, 0) is 0 Å². The fourth-order valence-electron chi connectivity index (χ4n) is 2.20.